The Hall–Kier alpha value is -0.744. The Kier molecular flexibility index (Phi) is 24.7. The van der Waals surface area contributed by atoms with Crippen molar-refractivity contribution in [3.05, 3.63) is 16.0 Å². The van der Waals surface area contributed by atoms with Gasteiger partial charge in [-0.05, 0) is 39.0 Å². The Balaban J connectivity index is -0.000000544. The molecule has 0 aromatic rings. The number of hydrogen-bond acceptors (Lipinski definition) is 10. The fraction of sp³-hybridized carbons (Fsp3) is 0.917. The van der Waals surface area contributed by atoms with Gasteiger partial charge in [-0.25, -0.2) is 18.6 Å². The normalized spacial score (nSPS) is 17.3. The van der Waals surface area contributed by atoms with E-state index in [2.05, 4.69) is 16.0 Å². The molecule has 0 unspecified atom stereocenters. The SMILES string of the molecule is O=C([O-])CN1CCCNCCNCCCNCC1.[Co+3].[N-]=[N+]=[N-].[O-][Cl+3]([O-])([O-])[O-]. The van der Waals surface area contributed by atoms with Crippen molar-refractivity contribution in [3.63, 3.8) is 0 Å². The smallest absolute Gasteiger partial charge is 0.549 e. The zero-order valence-electron chi connectivity index (χ0n) is 14.7. The zero-order valence-corrected chi connectivity index (χ0v) is 16.5. The molecule has 1 aliphatic rings. The first kappa shape index (κ1) is 31.0. The Labute approximate surface area is 170 Å². The van der Waals surface area contributed by atoms with Gasteiger partial charge in [-0.1, -0.05) is 0 Å². The van der Waals surface area contributed by atoms with Crippen molar-refractivity contribution in [3.8, 4) is 0 Å². The van der Waals surface area contributed by atoms with Crippen molar-refractivity contribution >= 4 is 5.97 Å². The molecule has 0 atom stereocenters. The van der Waals surface area contributed by atoms with E-state index in [-0.39, 0.29) is 23.3 Å². The zero-order chi connectivity index (χ0) is 20.3. The van der Waals surface area contributed by atoms with Gasteiger partial charge in [0.25, 0.3) is 0 Å². The molecule has 27 heavy (non-hydrogen) atoms. The number of halogens is 1. The summed E-state index contributed by atoms with van der Waals surface area (Å²) in [6.45, 7) is 7.31. The average Bonchev–Trinajstić information content (AvgIpc) is 2.50. The largest absolute Gasteiger partial charge is 3.00 e. The summed E-state index contributed by atoms with van der Waals surface area (Å²) in [7, 11) is -4.94. The molecule has 13 nitrogen and oxygen atoms in total. The van der Waals surface area contributed by atoms with E-state index in [0.717, 1.165) is 65.2 Å². The van der Waals surface area contributed by atoms with E-state index in [9.17, 15) is 9.90 Å². The van der Waals surface area contributed by atoms with E-state index in [4.69, 9.17) is 29.7 Å². The molecule has 0 aromatic heterocycles. The van der Waals surface area contributed by atoms with Gasteiger partial charge in [0.15, 0.2) is 0 Å². The standard InChI is InChI=1S/C12H26N4O2.ClHO4.Co.N3/c17-12(18)11-16-9-2-5-14-7-6-13-3-1-4-15-8-10-16;2-1(3,4)5;;1-3-2/h13-15H,1-11H2,(H,17,18);(H,2,3,4,5);;/q;;+3;-1/p-2. The van der Waals surface area contributed by atoms with Gasteiger partial charge in [0.05, 0.1) is 5.97 Å². The first-order valence-electron chi connectivity index (χ1n) is 7.85. The van der Waals surface area contributed by atoms with Crippen molar-refractivity contribution in [1.29, 1.82) is 0 Å². The molecule has 0 aliphatic carbocycles. The van der Waals surface area contributed by atoms with Crippen LogP contribution in [0.25, 0.3) is 16.0 Å². The second-order valence-corrected chi connectivity index (χ2v) is 5.83. The van der Waals surface area contributed by atoms with E-state index in [1.54, 1.807) is 0 Å². The quantitative estimate of drug-likeness (QED) is 0.201. The Morgan fingerprint density at radius 1 is 0.889 bits per heavy atom. The Morgan fingerprint density at radius 2 is 1.30 bits per heavy atom. The predicted molar refractivity (Wildman–Crippen MR) is 79.4 cm³/mol. The molecule has 0 aromatic carbocycles. The molecule has 15 heteroatoms. The fourth-order valence-corrected chi connectivity index (χ4v) is 2.01. The van der Waals surface area contributed by atoms with Gasteiger partial charge in [-0.15, -0.1) is 10.2 Å². The number of hydrogen-bond donors (Lipinski definition) is 3. The molecule has 1 fully saturated rings. The van der Waals surface area contributed by atoms with Crippen LogP contribution in [0, 0.1) is 10.2 Å². The van der Waals surface area contributed by atoms with Crippen LogP contribution in [0.1, 0.15) is 12.8 Å². The molecular weight excluding hydrogens is 433 g/mol. The molecule has 1 aliphatic heterocycles. The Bertz CT molecular complexity index is 366. The number of nitrogens with one attached hydrogen (secondary N) is 3. The first-order valence-corrected chi connectivity index (χ1v) is 9.08. The van der Waals surface area contributed by atoms with Crippen LogP contribution in [0.4, 0.5) is 0 Å². The Morgan fingerprint density at radius 3 is 1.74 bits per heavy atom. The predicted octanol–water partition coefficient (Wildman–Crippen LogP) is -6.29. The van der Waals surface area contributed by atoms with Crippen molar-refractivity contribution in [2.24, 2.45) is 0 Å². The third-order valence-electron chi connectivity index (χ3n) is 2.97. The van der Waals surface area contributed by atoms with E-state index in [1.165, 1.54) is 4.91 Å². The maximum Gasteiger partial charge on any atom is 3.00 e. The molecule has 0 bridgehead atoms. The minimum atomic E-state index is -4.94. The van der Waals surface area contributed by atoms with E-state index >= 15 is 0 Å². The molecule has 1 rings (SSSR count). The number of carbonyl (C=O) groups is 1. The third kappa shape index (κ3) is 36.8. The second kappa shape index (κ2) is 21.6. The summed E-state index contributed by atoms with van der Waals surface area (Å²) in [6, 6.07) is 0. The van der Waals surface area contributed by atoms with Crippen LogP contribution in [0.15, 0.2) is 0 Å². The summed E-state index contributed by atoms with van der Waals surface area (Å²) in [4.78, 5) is 14.1. The maximum atomic E-state index is 10.6. The maximum absolute atomic E-state index is 10.6. The number of rotatable bonds is 2. The topological polar surface area (TPSA) is 230 Å². The number of carbonyl (C=O) groups excluding carboxylic acids is 1. The molecule has 0 radical (unpaired) electrons. The van der Waals surface area contributed by atoms with Crippen LogP contribution in [-0.2, 0) is 21.6 Å². The van der Waals surface area contributed by atoms with E-state index in [1.807, 2.05) is 4.90 Å². The van der Waals surface area contributed by atoms with Crippen molar-refractivity contribution in [1.82, 2.24) is 20.9 Å². The van der Waals surface area contributed by atoms with Crippen LogP contribution >= 0.6 is 0 Å². The van der Waals surface area contributed by atoms with Crippen LogP contribution < -0.4 is 39.7 Å². The minimum absolute atomic E-state index is 0. The third-order valence-corrected chi connectivity index (χ3v) is 2.97. The van der Waals surface area contributed by atoms with Crippen LogP contribution in [0.5, 0.6) is 0 Å². The summed E-state index contributed by atoms with van der Waals surface area (Å²) in [5.74, 6) is -0.992. The first-order chi connectivity index (χ1) is 12.2. The van der Waals surface area contributed by atoms with Crippen LogP contribution in [-0.4, -0.2) is 69.8 Å². The molecule has 0 amide bonds. The van der Waals surface area contributed by atoms with Crippen molar-refractivity contribution in [2.45, 2.75) is 12.8 Å². The number of carboxylic acids is 1. The molecule has 3 N–H and O–H groups in total. The van der Waals surface area contributed by atoms with E-state index < -0.39 is 16.2 Å². The van der Waals surface area contributed by atoms with Crippen molar-refractivity contribution < 1.29 is 55.6 Å². The monoisotopic (exact) mass is 457 g/mol. The van der Waals surface area contributed by atoms with Gasteiger partial charge >= 0.3 is 16.8 Å². The molecule has 1 saturated heterocycles. The summed E-state index contributed by atoms with van der Waals surface area (Å²) in [6.07, 6.45) is 2.06. The summed E-state index contributed by atoms with van der Waals surface area (Å²) >= 11 is 0. The molecule has 0 spiro atoms. The summed E-state index contributed by atoms with van der Waals surface area (Å²) in [5, 5.41) is 20.7. The average molecular weight is 458 g/mol. The van der Waals surface area contributed by atoms with Gasteiger partial charge in [0, 0.05) is 32.7 Å². The molecular formula is C12H25ClCoN7O6. The fourth-order valence-electron chi connectivity index (χ4n) is 2.01. The van der Waals surface area contributed by atoms with E-state index in [0.29, 0.717) is 0 Å². The van der Waals surface area contributed by atoms with Gasteiger partial charge in [-0.3, -0.25) is 9.81 Å². The van der Waals surface area contributed by atoms with Gasteiger partial charge in [0.2, 0.25) is 0 Å². The second-order valence-electron chi connectivity index (χ2n) is 5.07. The summed E-state index contributed by atoms with van der Waals surface area (Å²) < 4.78 is 34.0. The van der Waals surface area contributed by atoms with Gasteiger partial charge in [0.1, 0.15) is 0 Å². The number of carboxylic acid groups (broad SMARTS) is 1. The summed E-state index contributed by atoms with van der Waals surface area (Å²) in [5.41, 5.74) is 13.5. The van der Waals surface area contributed by atoms with Gasteiger partial charge in [-0.2, -0.15) is 0 Å². The number of nitrogens with zero attached hydrogens (tertiary/aromatic N) is 4. The van der Waals surface area contributed by atoms with Crippen LogP contribution in [0.3, 0.4) is 0 Å². The van der Waals surface area contributed by atoms with Gasteiger partial charge < -0.3 is 36.9 Å². The van der Waals surface area contributed by atoms with Crippen LogP contribution in [0.2, 0.25) is 0 Å². The molecule has 0 saturated carbocycles. The molecule has 1 heterocycles. The molecule has 160 valence electrons. The number of aliphatic carboxylic acids is 1. The van der Waals surface area contributed by atoms with Crippen molar-refractivity contribution in [2.75, 3.05) is 58.9 Å². The minimum Gasteiger partial charge on any atom is -0.549 e.